The van der Waals surface area contributed by atoms with Crippen LogP contribution in [0.3, 0.4) is 0 Å². The molecule has 0 N–H and O–H groups in total. The number of rotatable bonds is 2. The van der Waals surface area contributed by atoms with E-state index in [1.54, 1.807) is 16.3 Å². The van der Waals surface area contributed by atoms with Crippen molar-refractivity contribution in [3.05, 3.63) is 52.6 Å². The van der Waals surface area contributed by atoms with Crippen molar-refractivity contribution in [2.45, 2.75) is 46.3 Å². The lowest BCUT2D eigenvalue weighted by Gasteiger charge is -2.33. The SMILES string of the molecule is CC1=CC=C(C)C1[Si](C)(C)c1cc(C)cc(C)c1. The summed E-state index contributed by atoms with van der Waals surface area (Å²) in [6.07, 6.45) is 4.61. The van der Waals surface area contributed by atoms with E-state index < -0.39 is 8.07 Å². The second-order valence-electron chi connectivity index (χ2n) is 6.35. The van der Waals surface area contributed by atoms with Crippen LogP contribution in [0.4, 0.5) is 0 Å². The van der Waals surface area contributed by atoms with E-state index in [2.05, 4.69) is 71.1 Å². The molecule has 0 nitrogen and oxygen atoms in total. The molecule has 1 aromatic carbocycles. The maximum Gasteiger partial charge on any atom is 0.0918 e. The Balaban J connectivity index is 2.48. The molecule has 0 atom stereocenters. The van der Waals surface area contributed by atoms with Gasteiger partial charge in [-0.25, -0.2) is 0 Å². The Labute approximate surface area is 112 Å². The minimum absolute atomic E-state index is 0.679. The van der Waals surface area contributed by atoms with Crippen LogP contribution < -0.4 is 5.19 Å². The average molecular weight is 256 g/mol. The largest absolute Gasteiger partial charge is 0.0918 e. The molecule has 0 fully saturated rings. The number of hydrogen-bond donors (Lipinski definition) is 0. The predicted octanol–water partition coefficient (Wildman–Crippen LogP) is 4.50. The Morgan fingerprint density at radius 3 is 1.67 bits per heavy atom. The molecule has 2 rings (SSSR count). The molecule has 96 valence electrons. The zero-order valence-corrected chi connectivity index (χ0v) is 13.5. The van der Waals surface area contributed by atoms with Crippen LogP contribution in [0.15, 0.2) is 41.5 Å². The van der Waals surface area contributed by atoms with Crippen LogP contribution in [-0.2, 0) is 0 Å². The average Bonchev–Trinajstić information content (AvgIpc) is 2.57. The van der Waals surface area contributed by atoms with E-state index in [9.17, 15) is 0 Å². The van der Waals surface area contributed by atoms with Crippen LogP contribution in [0.2, 0.25) is 18.6 Å². The van der Waals surface area contributed by atoms with Gasteiger partial charge in [0.25, 0.3) is 0 Å². The third-order valence-electron chi connectivity index (χ3n) is 4.21. The van der Waals surface area contributed by atoms with Crippen molar-refractivity contribution in [2.24, 2.45) is 0 Å². The van der Waals surface area contributed by atoms with Gasteiger partial charge in [-0.15, -0.1) is 0 Å². The van der Waals surface area contributed by atoms with Gasteiger partial charge in [0.1, 0.15) is 0 Å². The molecule has 0 aromatic heterocycles. The van der Waals surface area contributed by atoms with E-state index >= 15 is 0 Å². The maximum atomic E-state index is 2.51. The van der Waals surface area contributed by atoms with E-state index in [1.807, 2.05) is 0 Å². The second-order valence-corrected chi connectivity index (χ2v) is 11.0. The second kappa shape index (κ2) is 4.54. The first-order valence-corrected chi connectivity index (χ1v) is 9.84. The minimum Gasteiger partial charge on any atom is -0.0685 e. The molecule has 0 aliphatic heterocycles. The third kappa shape index (κ3) is 2.24. The molecule has 0 bridgehead atoms. The lowest BCUT2D eigenvalue weighted by Crippen LogP contribution is -2.46. The molecule has 18 heavy (non-hydrogen) atoms. The van der Waals surface area contributed by atoms with Crippen LogP contribution >= 0.6 is 0 Å². The first-order chi connectivity index (χ1) is 8.32. The Morgan fingerprint density at radius 2 is 1.22 bits per heavy atom. The molecule has 0 radical (unpaired) electrons. The van der Waals surface area contributed by atoms with Crippen LogP contribution in [0, 0.1) is 13.8 Å². The van der Waals surface area contributed by atoms with E-state index in [1.165, 1.54) is 11.1 Å². The smallest absolute Gasteiger partial charge is 0.0685 e. The molecule has 0 unspecified atom stereocenters. The summed E-state index contributed by atoms with van der Waals surface area (Å²) in [4.78, 5) is 0. The number of aryl methyl sites for hydroxylation is 2. The van der Waals surface area contributed by atoms with Crippen molar-refractivity contribution in [3.63, 3.8) is 0 Å². The molecular weight excluding hydrogens is 232 g/mol. The summed E-state index contributed by atoms with van der Waals surface area (Å²) in [6.45, 7) is 14.0. The first kappa shape index (κ1) is 13.4. The van der Waals surface area contributed by atoms with Crippen molar-refractivity contribution < 1.29 is 0 Å². The summed E-state index contributed by atoms with van der Waals surface area (Å²) in [5, 5.41) is 1.59. The monoisotopic (exact) mass is 256 g/mol. The molecule has 1 aliphatic carbocycles. The van der Waals surface area contributed by atoms with Gasteiger partial charge in [0.15, 0.2) is 0 Å². The van der Waals surface area contributed by atoms with E-state index in [4.69, 9.17) is 0 Å². The van der Waals surface area contributed by atoms with Gasteiger partial charge in [-0.1, -0.05) is 70.9 Å². The van der Waals surface area contributed by atoms with Gasteiger partial charge < -0.3 is 0 Å². The molecule has 0 heterocycles. The van der Waals surface area contributed by atoms with E-state index in [-0.39, 0.29) is 0 Å². The molecule has 1 aliphatic rings. The van der Waals surface area contributed by atoms with E-state index in [0.717, 1.165) is 0 Å². The summed E-state index contributed by atoms with van der Waals surface area (Å²) in [7, 11) is -1.47. The number of hydrogen-bond acceptors (Lipinski definition) is 0. The first-order valence-electron chi connectivity index (χ1n) is 6.76. The fourth-order valence-electron chi connectivity index (χ4n) is 3.47. The van der Waals surface area contributed by atoms with Crippen LogP contribution in [0.25, 0.3) is 0 Å². The standard InChI is InChI=1S/C17H24Si/c1-12-9-13(2)11-16(10-12)18(5,6)17-14(3)7-8-15(17)4/h7-11,17H,1-6H3. The third-order valence-corrected chi connectivity index (χ3v) is 8.34. The van der Waals surface area contributed by atoms with E-state index in [0.29, 0.717) is 5.54 Å². The highest BCUT2D eigenvalue weighted by Gasteiger charge is 2.37. The van der Waals surface area contributed by atoms with Gasteiger partial charge in [0.05, 0.1) is 8.07 Å². The summed E-state index contributed by atoms with van der Waals surface area (Å²) in [5.41, 5.74) is 6.56. The lowest BCUT2D eigenvalue weighted by molar-refractivity contribution is 1.09. The molecule has 1 heteroatoms. The quantitative estimate of drug-likeness (QED) is 0.684. The number of allylic oxidation sites excluding steroid dienone is 4. The maximum absolute atomic E-state index is 2.51. The van der Waals surface area contributed by atoms with Crippen molar-refractivity contribution in [2.75, 3.05) is 0 Å². The fraction of sp³-hybridized carbons (Fsp3) is 0.412. The number of benzene rings is 1. The van der Waals surface area contributed by atoms with Crippen LogP contribution in [0.1, 0.15) is 25.0 Å². The Bertz CT molecular complexity index is 494. The summed E-state index contributed by atoms with van der Waals surface area (Å²) < 4.78 is 0. The molecule has 0 saturated heterocycles. The Morgan fingerprint density at radius 1 is 0.778 bits per heavy atom. The predicted molar refractivity (Wildman–Crippen MR) is 84.3 cm³/mol. The molecular formula is C17H24Si. The van der Waals surface area contributed by atoms with Gasteiger partial charge in [-0.2, -0.15) is 0 Å². The molecule has 0 saturated carbocycles. The minimum atomic E-state index is -1.47. The molecule has 1 aromatic rings. The van der Waals surface area contributed by atoms with Crippen molar-refractivity contribution in [1.29, 1.82) is 0 Å². The molecule has 0 spiro atoms. The van der Waals surface area contributed by atoms with Crippen LogP contribution in [-0.4, -0.2) is 8.07 Å². The zero-order chi connectivity index (χ0) is 13.5. The van der Waals surface area contributed by atoms with Crippen molar-refractivity contribution in [1.82, 2.24) is 0 Å². The fourth-order valence-corrected chi connectivity index (χ4v) is 7.47. The lowest BCUT2D eigenvalue weighted by atomic mass is 10.2. The molecule has 0 amide bonds. The normalized spacial score (nSPS) is 16.8. The van der Waals surface area contributed by atoms with Gasteiger partial charge in [0, 0.05) is 5.54 Å². The summed E-state index contributed by atoms with van der Waals surface area (Å²) in [6, 6.07) is 7.07. The highest BCUT2D eigenvalue weighted by molar-refractivity contribution is 6.92. The Hall–Kier alpha value is -1.08. The summed E-state index contributed by atoms with van der Waals surface area (Å²) in [5.74, 6) is 0. The highest BCUT2D eigenvalue weighted by Crippen LogP contribution is 2.40. The topological polar surface area (TPSA) is 0 Å². The van der Waals surface area contributed by atoms with Crippen molar-refractivity contribution >= 4 is 13.3 Å². The van der Waals surface area contributed by atoms with Crippen LogP contribution in [0.5, 0.6) is 0 Å². The van der Waals surface area contributed by atoms with Gasteiger partial charge in [-0.05, 0) is 27.7 Å². The van der Waals surface area contributed by atoms with Gasteiger partial charge in [-0.3, -0.25) is 0 Å². The summed E-state index contributed by atoms with van der Waals surface area (Å²) >= 11 is 0. The Kier molecular flexibility index (Phi) is 3.37. The zero-order valence-electron chi connectivity index (χ0n) is 12.5. The van der Waals surface area contributed by atoms with Gasteiger partial charge >= 0.3 is 0 Å². The van der Waals surface area contributed by atoms with Crippen molar-refractivity contribution in [3.8, 4) is 0 Å². The highest BCUT2D eigenvalue weighted by atomic mass is 28.3. The van der Waals surface area contributed by atoms with Gasteiger partial charge in [0.2, 0.25) is 0 Å².